The molecule has 0 N–H and O–H groups in total. The van der Waals surface area contributed by atoms with E-state index in [1.54, 1.807) is 18.9 Å². The van der Waals surface area contributed by atoms with Crippen molar-refractivity contribution in [3.05, 3.63) is 59.2 Å². The van der Waals surface area contributed by atoms with Gasteiger partial charge in [0.2, 0.25) is 0 Å². The van der Waals surface area contributed by atoms with Gasteiger partial charge >= 0.3 is 0 Å². The molecular weight excluding hydrogens is 256 g/mol. The summed E-state index contributed by atoms with van der Waals surface area (Å²) in [4.78, 5) is 13.6. The molecule has 0 saturated heterocycles. The number of hydrogen-bond donors (Lipinski definition) is 0. The van der Waals surface area contributed by atoms with Crippen molar-refractivity contribution in [3.8, 4) is 5.75 Å². The van der Waals surface area contributed by atoms with Crippen molar-refractivity contribution < 1.29 is 9.53 Å². The molecule has 0 atom stereocenters. The summed E-state index contributed by atoms with van der Waals surface area (Å²) in [7, 11) is 1.59. The molecule has 19 heavy (non-hydrogen) atoms. The number of methoxy groups -OCH3 is 1. The molecule has 0 fully saturated rings. The molecule has 2 aromatic rings. The first-order valence-corrected chi connectivity index (χ1v) is 7.22. The lowest BCUT2D eigenvalue weighted by molar-refractivity contribution is 0.103. The van der Waals surface area contributed by atoms with Crippen molar-refractivity contribution in [1.82, 2.24) is 0 Å². The van der Waals surface area contributed by atoms with Crippen LogP contribution >= 0.6 is 11.8 Å². The van der Waals surface area contributed by atoms with Crippen LogP contribution in [0.4, 0.5) is 0 Å². The molecule has 0 amide bonds. The van der Waals surface area contributed by atoms with E-state index in [4.69, 9.17) is 4.74 Å². The zero-order valence-corrected chi connectivity index (χ0v) is 12.1. The molecule has 0 aromatic heterocycles. The van der Waals surface area contributed by atoms with Gasteiger partial charge in [-0.05, 0) is 37.4 Å². The first kappa shape index (κ1) is 13.7. The number of hydrogen-bond acceptors (Lipinski definition) is 3. The summed E-state index contributed by atoms with van der Waals surface area (Å²) in [5.41, 5.74) is 2.38. The van der Waals surface area contributed by atoms with E-state index in [0.717, 1.165) is 16.0 Å². The molecule has 0 heterocycles. The molecule has 2 aromatic carbocycles. The molecule has 0 aliphatic rings. The molecule has 98 valence electrons. The van der Waals surface area contributed by atoms with E-state index in [0.29, 0.717) is 11.3 Å². The third-order valence-corrected chi connectivity index (χ3v) is 3.75. The highest BCUT2D eigenvalue weighted by atomic mass is 32.2. The Bertz CT molecular complexity index is 605. The third kappa shape index (κ3) is 2.82. The quantitative estimate of drug-likeness (QED) is 0.622. The molecule has 0 bridgehead atoms. The summed E-state index contributed by atoms with van der Waals surface area (Å²) in [5.74, 6) is 0.622. The molecule has 0 unspecified atom stereocenters. The van der Waals surface area contributed by atoms with Gasteiger partial charge in [-0.3, -0.25) is 4.79 Å². The van der Waals surface area contributed by atoms with Crippen LogP contribution in [-0.4, -0.2) is 19.1 Å². The summed E-state index contributed by atoms with van der Waals surface area (Å²) >= 11 is 1.57. The van der Waals surface area contributed by atoms with Crippen LogP contribution in [-0.2, 0) is 0 Å². The van der Waals surface area contributed by atoms with E-state index in [2.05, 4.69) is 0 Å². The third-order valence-electron chi connectivity index (χ3n) is 2.95. The first-order chi connectivity index (χ1) is 9.17. The minimum atomic E-state index is 0.00509. The highest BCUT2D eigenvalue weighted by Gasteiger charge is 2.17. The zero-order valence-electron chi connectivity index (χ0n) is 11.3. The minimum absolute atomic E-state index is 0.00509. The molecule has 0 aliphatic carbocycles. The molecule has 3 heteroatoms. The van der Waals surface area contributed by atoms with Gasteiger partial charge in [0.15, 0.2) is 5.78 Å². The van der Waals surface area contributed by atoms with Crippen molar-refractivity contribution in [2.75, 3.05) is 13.4 Å². The first-order valence-electron chi connectivity index (χ1n) is 5.99. The smallest absolute Gasteiger partial charge is 0.197 e. The lowest BCUT2D eigenvalue weighted by Crippen LogP contribution is -2.05. The summed E-state index contributed by atoms with van der Waals surface area (Å²) in [6, 6.07) is 13.3. The van der Waals surface area contributed by atoms with E-state index in [-0.39, 0.29) is 5.78 Å². The molecule has 0 aliphatic heterocycles. The number of ketones is 1. The summed E-state index contributed by atoms with van der Waals surface area (Å²) in [6.07, 6.45) is 1.97. The average Bonchev–Trinajstić information content (AvgIpc) is 2.46. The predicted molar refractivity (Wildman–Crippen MR) is 79.4 cm³/mol. The van der Waals surface area contributed by atoms with Crippen LogP contribution in [0.2, 0.25) is 0 Å². The van der Waals surface area contributed by atoms with Crippen LogP contribution in [0.5, 0.6) is 5.75 Å². The van der Waals surface area contributed by atoms with Gasteiger partial charge in [-0.25, -0.2) is 0 Å². The van der Waals surface area contributed by atoms with Crippen LogP contribution in [0.25, 0.3) is 0 Å². The Morgan fingerprint density at radius 3 is 2.53 bits per heavy atom. The van der Waals surface area contributed by atoms with Crippen molar-refractivity contribution in [2.45, 2.75) is 11.8 Å². The Balaban J connectivity index is 2.52. The zero-order chi connectivity index (χ0) is 13.8. The van der Waals surface area contributed by atoms with Crippen LogP contribution < -0.4 is 4.74 Å². The van der Waals surface area contributed by atoms with Gasteiger partial charge < -0.3 is 4.74 Å². The van der Waals surface area contributed by atoms with Crippen molar-refractivity contribution in [2.24, 2.45) is 0 Å². The number of rotatable bonds is 4. The maximum Gasteiger partial charge on any atom is 0.197 e. The Hall–Kier alpha value is -1.74. The van der Waals surface area contributed by atoms with Crippen molar-refractivity contribution in [3.63, 3.8) is 0 Å². The number of ether oxygens (including phenoxy) is 1. The second kappa shape index (κ2) is 5.93. The monoisotopic (exact) mass is 272 g/mol. The Kier molecular flexibility index (Phi) is 4.27. The number of aryl methyl sites for hydroxylation is 1. The van der Waals surface area contributed by atoms with Gasteiger partial charge in [0.25, 0.3) is 0 Å². The largest absolute Gasteiger partial charge is 0.496 e. The van der Waals surface area contributed by atoms with Gasteiger partial charge in [-0.1, -0.05) is 23.8 Å². The number of thioether (sulfide) groups is 1. The highest BCUT2D eigenvalue weighted by Crippen LogP contribution is 2.27. The Morgan fingerprint density at radius 2 is 1.84 bits per heavy atom. The van der Waals surface area contributed by atoms with Gasteiger partial charge in [-0.2, -0.15) is 0 Å². The maximum atomic E-state index is 12.7. The summed E-state index contributed by atoms with van der Waals surface area (Å²) < 4.78 is 5.29. The normalized spacial score (nSPS) is 10.3. The van der Waals surface area contributed by atoms with Crippen LogP contribution in [0.1, 0.15) is 21.5 Å². The second-order valence-electron chi connectivity index (χ2n) is 4.23. The molecule has 0 saturated carbocycles. The van der Waals surface area contributed by atoms with Gasteiger partial charge in [0, 0.05) is 10.5 Å². The number of carbonyl (C=O) groups excluding carboxylic acids is 1. The minimum Gasteiger partial charge on any atom is -0.496 e. The van der Waals surface area contributed by atoms with Crippen molar-refractivity contribution in [1.29, 1.82) is 0 Å². The fourth-order valence-corrected chi connectivity index (χ4v) is 2.57. The van der Waals surface area contributed by atoms with Crippen LogP contribution in [0, 0.1) is 6.92 Å². The molecule has 0 radical (unpaired) electrons. The Labute approximate surface area is 117 Å². The van der Waals surface area contributed by atoms with Crippen LogP contribution in [0.3, 0.4) is 0 Å². The topological polar surface area (TPSA) is 26.3 Å². The Morgan fingerprint density at radius 1 is 1.11 bits per heavy atom. The number of benzene rings is 2. The lowest BCUT2D eigenvalue weighted by Gasteiger charge is -2.10. The fourth-order valence-electron chi connectivity index (χ4n) is 1.98. The van der Waals surface area contributed by atoms with Gasteiger partial charge in [0.1, 0.15) is 5.75 Å². The standard InChI is InChI=1S/C16H16O2S/c1-11-8-9-14(18-2)13(10-11)16(17)12-6-4-5-7-15(12)19-3/h4-10H,1-3H3. The second-order valence-corrected chi connectivity index (χ2v) is 5.08. The lowest BCUT2D eigenvalue weighted by atomic mass is 10.0. The van der Waals surface area contributed by atoms with E-state index in [9.17, 15) is 4.79 Å². The van der Waals surface area contributed by atoms with E-state index >= 15 is 0 Å². The van der Waals surface area contributed by atoms with Crippen LogP contribution in [0.15, 0.2) is 47.4 Å². The maximum absolute atomic E-state index is 12.7. The molecule has 2 nitrogen and oxygen atoms in total. The van der Waals surface area contributed by atoms with E-state index < -0.39 is 0 Å². The van der Waals surface area contributed by atoms with Gasteiger partial charge in [-0.15, -0.1) is 11.8 Å². The SMILES string of the molecule is COc1ccc(C)cc1C(=O)c1ccccc1SC. The summed E-state index contributed by atoms with van der Waals surface area (Å²) in [6.45, 7) is 1.97. The molecular formula is C16H16O2S. The number of carbonyl (C=O) groups is 1. The summed E-state index contributed by atoms with van der Waals surface area (Å²) in [5, 5.41) is 0. The van der Waals surface area contributed by atoms with Gasteiger partial charge in [0.05, 0.1) is 12.7 Å². The molecule has 0 spiro atoms. The highest BCUT2D eigenvalue weighted by molar-refractivity contribution is 7.98. The average molecular weight is 272 g/mol. The predicted octanol–water partition coefficient (Wildman–Crippen LogP) is 3.96. The fraction of sp³-hybridized carbons (Fsp3) is 0.188. The van der Waals surface area contributed by atoms with E-state index in [1.807, 2.05) is 55.6 Å². The molecule has 2 rings (SSSR count). The van der Waals surface area contributed by atoms with Crippen molar-refractivity contribution >= 4 is 17.5 Å². The van der Waals surface area contributed by atoms with E-state index in [1.165, 1.54) is 0 Å².